The largest absolute Gasteiger partial charge is 0.478 e. The quantitative estimate of drug-likeness (QED) is 0.758. The van der Waals surface area contributed by atoms with Crippen molar-refractivity contribution in [2.75, 3.05) is 7.11 Å². The van der Waals surface area contributed by atoms with Crippen molar-refractivity contribution in [3.63, 3.8) is 0 Å². The molecule has 8 heteroatoms. The molecule has 0 aliphatic heterocycles. The number of ether oxygens (including phenoxy) is 1. The molecular weight excluding hydrogens is 369 g/mol. The van der Waals surface area contributed by atoms with E-state index >= 15 is 0 Å². The summed E-state index contributed by atoms with van der Waals surface area (Å²) in [5, 5.41) is 12.4. The van der Waals surface area contributed by atoms with Crippen molar-refractivity contribution in [3.8, 4) is 0 Å². The summed E-state index contributed by atoms with van der Waals surface area (Å²) in [7, 11) is 1.19. The molecule has 1 amide bonds. The van der Waals surface area contributed by atoms with Crippen LogP contribution >= 0.6 is 23.2 Å². The van der Waals surface area contributed by atoms with Crippen LogP contribution < -0.4 is 5.32 Å². The first-order valence-corrected chi connectivity index (χ1v) is 8.39. The lowest BCUT2D eigenvalue weighted by molar-refractivity contribution is -0.144. The van der Waals surface area contributed by atoms with E-state index < -0.39 is 23.9 Å². The van der Waals surface area contributed by atoms with Crippen molar-refractivity contribution >= 4 is 41.0 Å². The van der Waals surface area contributed by atoms with E-state index in [0.717, 1.165) is 0 Å². The second-order valence-corrected chi connectivity index (χ2v) is 6.41. The van der Waals surface area contributed by atoms with Gasteiger partial charge in [-0.2, -0.15) is 0 Å². The molecule has 0 spiro atoms. The fraction of sp³-hybridized carbons (Fsp3) is 0.353. The van der Waals surface area contributed by atoms with E-state index in [2.05, 4.69) is 5.32 Å². The van der Waals surface area contributed by atoms with Gasteiger partial charge in [0.15, 0.2) is 6.04 Å². The summed E-state index contributed by atoms with van der Waals surface area (Å²) in [4.78, 5) is 36.0. The molecule has 1 aromatic carbocycles. The van der Waals surface area contributed by atoms with E-state index in [1.165, 1.54) is 25.3 Å². The lowest BCUT2D eigenvalue weighted by Gasteiger charge is -2.22. The molecule has 0 saturated carbocycles. The van der Waals surface area contributed by atoms with Crippen molar-refractivity contribution in [1.29, 1.82) is 0 Å². The van der Waals surface area contributed by atoms with Crippen LogP contribution in [0.1, 0.15) is 37.3 Å². The minimum absolute atomic E-state index is 0.0783. The maximum Gasteiger partial charge on any atom is 0.333 e. The standard InChI is InChI=1S/C17H17Cl2NO5/c1-25-17(24)14(12-7-6-9(18)8-13(12)19)20-15(21)10-4-2-3-5-11(10)16(22)23/h6-8,14H,2-5H2,1H3,(H,20,21)(H,22,23)/t14-/m1/s1. The van der Waals surface area contributed by atoms with Crippen LogP contribution in [-0.2, 0) is 19.1 Å². The van der Waals surface area contributed by atoms with Gasteiger partial charge in [-0.15, -0.1) is 0 Å². The predicted molar refractivity (Wildman–Crippen MR) is 92.5 cm³/mol. The Balaban J connectivity index is 2.35. The number of carboxylic acids is 1. The highest BCUT2D eigenvalue weighted by molar-refractivity contribution is 6.35. The van der Waals surface area contributed by atoms with Gasteiger partial charge in [0.05, 0.1) is 7.11 Å². The fourth-order valence-electron chi connectivity index (χ4n) is 2.73. The number of amides is 1. The Hall–Kier alpha value is -2.05. The maximum absolute atomic E-state index is 12.6. The Labute approximate surface area is 154 Å². The molecule has 1 aliphatic rings. The number of methoxy groups -OCH3 is 1. The number of hydrogen-bond donors (Lipinski definition) is 2. The Morgan fingerprint density at radius 1 is 1.16 bits per heavy atom. The minimum atomic E-state index is -1.16. The first kappa shape index (κ1) is 19.3. The summed E-state index contributed by atoms with van der Waals surface area (Å²) >= 11 is 12.0. The zero-order valence-corrected chi connectivity index (χ0v) is 15.0. The highest BCUT2D eigenvalue weighted by atomic mass is 35.5. The van der Waals surface area contributed by atoms with Gasteiger partial charge in [0.1, 0.15) is 0 Å². The average Bonchev–Trinajstić information content (AvgIpc) is 2.59. The number of aliphatic carboxylic acids is 1. The Kier molecular flexibility index (Phi) is 6.45. The maximum atomic E-state index is 12.6. The lowest BCUT2D eigenvalue weighted by Crippen LogP contribution is -2.36. The van der Waals surface area contributed by atoms with Crippen LogP contribution in [0.4, 0.5) is 0 Å². The number of benzene rings is 1. The number of carbonyl (C=O) groups excluding carboxylic acids is 2. The first-order chi connectivity index (χ1) is 11.8. The van der Waals surface area contributed by atoms with Gasteiger partial charge in [-0.1, -0.05) is 29.3 Å². The monoisotopic (exact) mass is 385 g/mol. The molecule has 1 aromatic rings. The number of carboxylic acid groups (broad SMARTS) is 1. The van der Waals surface area contributed by atoms with E-state index in [0.29, 0.717) is 36.3 Å². The third-order valence-electron chi connectivity index (χ3n) is 3.99. The Morgan fingerprint density at radius 3 is 2.36 bits per heavy atom. The van der Waals surface area contributed by atoms with E-state index in [9.17, 15) is 19.5 Å². The van der Waals surface area contributed by atoms with Crippen molar-refractivity contribution in [2.45, 2.75) is 31.7 Å². The summed E-state index contributed by atoms with van der Waals surface area (Å²) in [6.45, 7) is 0. The third kappa shape index (κ3) is 4.52. The van der Waals surface area contributed by atoms with Crippen LogP contribution in [0.15, 0.2) is 29.3 Å². The van der Waals surface area contributed by atoms with Gasteiger partial charge in [-0.25, -0.2) is 9.59 Å². The van der Waals surface area contributed by atoms with Crippen molar-refractivity contribution in [2.24, 2.45) is 0 Å². The summed E-state index contributed by atoms with van der Waals surface area (Å²) in [6.07, 6.45) is 2.09. The van der Waals surface area contributed by atoms with Crippen LogP contribution in [-0.4, -0.2) is 30.1 Å². The number of hydrogen-bond acceptors (Lipinski definition) is 4. The molecular formula is C17H17Cl2NO5. The summed E-state index contributed by atoms with van der Waals surface area (Å²) in [6, 6.07) is 3.34. The first-order valence-electron chi connectivity index (χ1n) is 7.64. The molecule has 0 aromatic heterocycles. The average molecular weight is 386 g/mol. The van der Waals surface area contributed by atoms with Crippen molar-refractivity contribution in [3.05, 3.63) is 45.0 Å². The SMILES string of the molecule is COC(=O)[C@H](NC(=O)C1=C(C(=O)O)CCCC1)c1ccc(Cl)cc1Cl. The number of halogens is 2. The van der Waals surface area contributed by atoms with Gasteiger partial charge in [0.25, 0.3) is 0 Å². The van der Waals surface area contributed by atoms with Gasteiger partial charge >= 0.3 is 11.9 Å². The molecule has 0 saturated heterocycles. The molecule has 0 unspecified atom stereocenters. The molecule has 134 valence electrons. The lowest BCUT2D eigenvalue weighted by atomic mass is 9.91. The highest BCUT2D eigenvalue weighted by Crippen LogP contribution is 2.29. The molecule has 0 fully saturated rings. The Bertz CT molecular complexity index is 745. The zero-order valence-electron chi connectivity index (χ0n) is 13.5. The van der Waals surface area contributed by atoms with Gasteiger partial charge < -0.3 is 15.2 Å². The summed E-state index contributed by atoms with van der Waals surface area (Å²) < 4.78 is 4.74. The predicted octanol–water partition coefficient (Wildman–Crippen LogP) is 3.28. The third-order valence-corrected chi connectivity index (χ3v) is 4.55. The molecule has 0 heterocycles. The molecule has 0 bridgehead atoms. The smallest absolute Gasteiger partial charge is 0.333 e. The number of nitrogens with one attached hydrogen (secondary N) is 1. The van der Waals surface area contributed by atoms with Gasteiger partial charge in [0.2, 0.25) is 5.91 Å². The van der Waals surface area contributed by atoms with E-state index in [1.807, 2.05) is 0 Å². The van der Waals surface area contributed by atoms with Crippen LogP contribution in [0.2, 0.25) is 10.0 Å². The van der Waals surface area contributed by atoms with Crippen molar-refractivity contribution < 1.29 is 24.2 Å². The van der Waals surface area contributed by atoms with Crippen LogP contribution in [0.5, 0.6) is 0 Å². The van der Waals surface area contributed by atoms with E-state index in [-0.39, 0.29) is 16.2 Å². The fourth-order valence-corrected chi connectivity index (χ4v) is 3.24. The molecule has 25 heavy (non-hydrogen) atoms. The van der Waals surface area contributed by atoms with Gasteiger partial charge in [0, 0.05) is 26.8 Å². The molecule has 1 aliphatic carbocycles. The Morgan fingerprint density at radius 2 is 1.80 bits per heavy atom. The van der Waals surface area contributed by atoms with Crippen LogP contribution in [0.25, 0.3) is 0 Å². The van der Waals surface area contributed by atoms with Crippen LogP contribution in [0.3, 0.4) is 0 Å². The number of esters is 1. The summed E-state index contributed by atoms with van der Waals surface area (Å²) in [5.41, 5.74) is 0.576. The zero-order chi connectivity index (χ0) is 18.6. The molecule has 0 radical (unpaired) electrons. The van der Waals surface area contributed by atoms with Crippen LogP contribution in [0, 0.1) is 0 Å². The molecule has 2 N–H and O–H groups in total. The number of rotatable bonds is 5. The molecule has 2 rings (SSSR count). The highest BCUT2D eigenvalue weighted by Gasteiger charge is 2.30. The van der Waals surface area contributed by atoms with Gasteiger partial charge in [-0.3, -0.25) is 4.79 Å². The van der Waals surface area contributed by atoms with E-state index in [4.69, 9.17) is 27.9 Å². The topological polar surface area (TPSA) is 92.7 Å². The van der Waals surface area contributed by atoms with Gasteiger partial charge in [-0.05, 0) is 37.8 Å². The molecule has 6 nitrogen and oxygen atoms in total. The van der Waals surface area contributed by atoms with Crippen molar-refractivity contribution in [1.82, 2.24) is 5.32 Å². The second-order valence-electron chi connectivity index (χ2n) is 5.56. The second kappa shape index (κ2) is 8.36. The molecule has 1 atom stereocenters. The normalized spacial score (nSPS) is 15.5. The number of carbonyl (C=O) groups is 3. The summed E-state index contributed by atoms with van der Waals surface area (Å²) in [5.74, 6) is -2.45. The minimum Gasteiger partial charge on any atom is -0.478 e. The van der Waals surface area contributed by atoms with E-state index in [1.54, 1.807) is 0 Å².